The molecule has 0 saturated heterocycles. The summed E-state index contributed by atoms with van der Waals surface area (Å²) in [5.41, 5.74) is 4.39. The van der Waals surface area contributed by atoms with Gasteiger partial charge in [0.1, 0.15) is 23.3 Å². The van der Waals surface area contributed by atoms with Crippen molar-refractivity contribution in [2.45, 2.75) is 63.3 Å². The Morgan fingerprint density at radius 3 is 2.30 bits per heavy atom. The Morgan fingerprint density at radius 2 is 1.68 bits per heavy atom. The maximum Gasteiger partial charge on any atom is 0.408 e. The number of hydrogen-bond acceptors (Lipinski definition) is 4. The van der Waals surface area contributed by atoms with Crippen molar-refractivity contribution in [3.63, 3.8) is 0 Å². The fourth-order valence-corrected chi connectivity index (χ4v) is 5.79. The average Bonchev–Trinajstić information content (AvgIpc) is 3.30. The lowest BCUT2D eigenvalue weighted by Gasteiger charge is -2.43. The molecule has 1 saturated carbocycles. The van der Waals surface area contributed by atoms with E-state index in [-0.39, 0.29) is 24.0 Å². The molecule has 6 rings (SSSR count). The molecule has 3 aromatic carbocycles. The fourth-order valence-electron chi connectivity index (χ4n) is 5.79. The van der Waals surface area contributed by atoms with Crippen molar-refractivity contribution in [3.8, 4) is 0 Å². The average molecular weight is 536 g/mol. The quantitative estimate of drug-likeness (QED) is 0.362. The Balaban J connectivity index is 1.31. The first-order valence-corrected chi connectivity index (χ1v) is 13.9. The number of halogens is 1. The Hall–Kier alpha value is -4.19. The summed E-state index contributed by atoms with van der Waals surface area (Å²) in [6.45, 7) is 5.63. The predicted octanol–water partition coefficient (Wildman–Crippen LogP) is 7.84. The van der Waals surface area contributed by atoms with Gasteiger partial charge in [0.15, 0.2) is 0 Å². The number of ether oxygens (including phenoxy) is 1. The molecular weight excluding hydrogens is 501 g/mol. The zero-order valence-corrected chi connectivity index (χ0v) is 23.1. The lowest BCUT2D eigenvalue weighted by atomic mass is 9.71. The Bertz CT molecular complexity index is 1480. The Kier molecular flexibility index (Phi) is 6.57. The van der Waals surface area contributed by atoms with Crippen LogP contribution in [0.15, 0.2) is 102 Å². The second kappa shape index (κ2) is 10.1. The minimum absolute atomic E-state index is 0.00173. The molecule has 1 fully saturated rings. The molecule has 3 aliphatic rings. The Labute approximate surface area is 235 Å². The van der Waals surface area contributed by atoms with Gasteiger partial charge < -0.3 is 15.0 Å². The molecule has 2 atom stereocenters. The molecule has 2 aliphatic heterocycles. The Morgan fingerprint density at radius 1 is 0.975 bits per heavy atom. The van der Waals surface area contributed by atoms with Crippen LogP contribution < -0.4 is 5.32 Å². The first-order chi connectivity index (χ1) is 19.2. The van der Waals surface area contributed by atoms with Crippen LogP contribution in [0.1, 0.15) is 74.4 Å². The molecule has 6 heteroatoms. The van der Waals surface area contributed by atoms with Gasteiger partial charge in [-0.05, 0) is 92.1 Å². The van der Waals surface area contributed by atoms with Crippen molar-refractivity contribution in [2.75, 3.05) is 0 Å². The molecule has 1 N–H and O–H groups in total. The number of aliphatic imine (C=N–C) groups is 1. The third kappa shape index (κ3) is 5.06. The highest BCUT2D eigenvalue weighted by Crippen LogP contribution is 2.46. The predicted molar refractivity (Wildman–Crippen MR) is 156 cm³/mol. The number of nitrogens with zero attached hydrogens (tertiary/aromatic N) is 2. The van der Waals surface area contributed by atoms with E-state index in [1.54, 1.807) is 12.1 Å². The van der Waals surface area contributed by atoms with Gasteiger partial charge >= 0.3 is 6.09 Å². The van der Waals surface area contributed by atoms with Crippen LogP contribution in [-0.4, -0.2) is 22.4 Å². The number of fused-ring (bicyclic) bond motifs is 1. The SMILES string of the molecule is CC(C)(C)OC(=O)NC1(c2ccc(C3N=C4C=C(c5ccc(F)cc5)C=CN4C3c3ccccc3)cc2)CCC1. The van der Waals surface area contributed by atoms with E-state index in [1.807, 2.05) is 26.8 Å². The minimum Gasteiger partial charge on any atom is -0.444 e. The van der Waals surface area contributed by atoms with Gasteiger partial charge in [0.2, 0.25) is 0 Å². The molecule has 1 aliphatic carbocycles. The molecular formula is C34H34FN3O2. The second-order valence-corrected chi connectivity index (χ2v) is 11.8. The number of carbonyl (C=O) groups excluding carboxylic acids is 1. The van der Waals surface area contributed by atoms with Gasteiger partial charge in [0, 0.05) is 6.20 Å². The lowest BCUT2D eigenvalue weighted by molar-refractivity contribution is 0.0377. The third-order valence-corrected chi connectivity index (χ3v) is 7.90. The monoisotopic (exact) mass is 535 g/mol. The number of amidine groups is 1. The van der Waals surface area contributed by atoms with Crippen LogP contribution in [0.3, 0.4) is 0 Å². The standard InChI is InChI=1S/C34H34FN3O2/c1-33(2,3)40-32(39)37-34(19-7-20-34)27-14-10-24(11-15-27)30-31(25-8-5-4-6-9-25)38-21-18-26(22-29(38)36-30)23-12-16-28(35)17-13-23/h4-6,8-18,21-22,30-31H,7,19-20H2,1-3H3,(H,37,39). The number of hydrogen-bond donors (Lipinski definition) is 1. The normalized spacial score (nSPS) is 21.1. The van der Waals surface area contributed by atoms with Gasteiger partial charge in [0.25, 0.3) is 0 Å². The molecule has 0 aromatic heterocycles. The van der Waals surface area contributed by atoms with E-state index in [1.165, 1.54) is 17.7 Å². The molecule has 2 heterocycles. The fraction of sp³-hybridized carbons (Fsp3) is 0.294. The van der Waals surface area contributed by atoms with Gasteiger partial charge in [0.05, 0.1) is 11.6 Å². The van der Waals surface area contributed by atoms with Crippen molar-refractivity contribution in [1.82, 2.24) is 10.2 Å². The van der Waals surface area contributed by atoms with E-state index in [9.17, 15) is 9.18 Å². The van der Waals surface area contributed by atoms with Crippen molar-refractivity contribution < 1.29 is 13.9 Å². The third-order valence-electron chi connectivity index (χ3n) is 7.90. The van der Waals surface area contributed by atoms with Crippen molar-refractivity contribution >= 4 is 17.5 Å². The topological polar surface area (TPSA) is 53.9 Å². The van der Waals surface area contributed by atoms with Crippen LogP contribution in [0.5, 0.6) is 0 Å². The summed E-state index contributed by atoms with van der Waals surface area (Å²) in [5.74, 6) is 0.633. The first kappa shape index (κ1) is 26.1. The zero-order valence-electron chi connectivity index (χ0n) is 23.1. The van der Waals surface area contributed by atoms with Crippen LogP contribution in [0.4, 0.5) is 9.18 Å². The van der Waals surface area contributed by atoms with Gasteiger partial charge in [-0.25, -0.2) is 9.18 Å². The maximum atomic E-state index is 13.5. The molecule has 0 spiro atoms. The summed E-state index contributed by atoms with van der Waals surface area (Å²) in [4.78, 5) is 20.0. The molecule has 2 unspecified atom stereocenters. The van der Waals surface area contributed by atoms with Gasteiger partial charge in [-0.3, -0.25) is 4.99 Å². The molecule has 3 aromatic rings. The van der Waals surface area contributed by atoms with Gasteiger partial charge in [-0.15, -0.1) is 0 Å². The number of rotatable bonds is 5. The molecule has 5 nitrogen and oxygen atoms in total. The van der Waals surface area contributed by atoms with E-state index in [0.717, 1.165) is 47.4 Å². The largest absolute Gasteiger partial charge is 0.444 e. The summed E-state index contributed by atoms with van der Waals surface area (Å²) in [6.07, 6.45) is 8.68. The highest BCUT2D eigenvalue weighted by atomic mass is 19.1. The smallest absolute Gasteiger partial charge is 0.408 e. The summed E-state index contributed by atoms with van der Waals surface area (Å²) in [5, 5.41) is 3.15. The molecule has 0 radical (unpaired) electrons. The van der Waals surface area contributed by atoms with Crippen LogP contribution in [0.25, 0.3) is 5.57 Å². The first-order valence-electron chi connectivity index (χ1n) is 13.9. The summed E-state index contributed by atoms with van der Waals surface area (Å²) in [7, 11) is 0. The molecule has 0 bridgehead atoms. The summed E-state index contributed by atoms with van der Waals surface area (Å²) in [6, 6.07) is 25.4. The number of allylic oxidation sites excluding steroid dienone is 2. The van der Waals surface area contributed by atoms with Crippen molar-refractivity contribution in [1.29, 1.82) is 0 Å². The number of benzene rings is 3. The van der Waals surface area contributed by atoms with E-state index in [0.29, 0.717) is 0 Å². The molecule has 1 amide bonds. The van der Waals surface area contributed by atoms with Crippen molar-refractivity contribution in [3.05, 3.63) is 125 Å². The van der Waals surface area contributed by atoms with Crippen LogP contribution in [-0.2, 0) is 10.3 Å². The lowest BCUT2D eigenvalue weighted by Crippen LogP contribution is -2.52. The van der Waals surface area contributed by atoms with Crippen molar-refractivity contribution in [2.24, 2.45) is 4.99 Å². The van der Waals surface area contributed by atoms with E-state index < -0.39 is 11.1 Å². The summed E-state index contributed by atoms with van der Waals surface area (Å²) < 4.78 is 19.1. The van der Waals surface area contributed by atoms with E-state index in [4.69, 9.17) is 9.73 Å². The highest BCUT2D eigenvalue weighted by Gasteiger charge is 2.42. The van der Waals surface area contributed by atoms with Crippen LogP contribution >= 0.6 is 0 Å². The number of carbonyl (C=O) groups is 1. The van der Waals surface area contributed by atoms with Gasteiger partial charge in [-0.1, -0.05) is 66.7 Å². The zero-order chi connectivity index (χ0) is 27.9. The second-order valence-electron chi connectivity index (χ2n) is 11.8. The van der Waals surface area contributed by atoms with Crippen LogP contribution in [0, 0.1) is 5.82 Å². The number of alkyl carbamates (subject to hydrolysis) is 1. The van der Waals surface area contributed by atoms with Crippen LogP contribution in [0.2, 0.25) is 0 Å². The summed E-state index contributed by atoms with van der Waals surface area (Å²) >= 11 is 0. The number of amides is 1. The highest BCUT2D eigenvalue weighted by molar-refractivity contribution is 6.05. The molecule has 40 heavy (non-hydrogen) atoms. The van der Waals surface area contributed by atoms with E-state index in [2.05, 4.69) is 77.1 Å². The van der Waals surface area contributed by atoms with Gasteiger partial charge in [-0.2, -0.15) is 0 Å². The van der Waals surface area contributed by atoms with E-state index >= 15 is 0 Å². The minimum atomic E-state index is -0.543. The number of nitrogens with one attached hydrogen (secondary N) is 1. The molecule has 204 valence electrons. The maximum absolute atomic E-state index is 13.5.